The van der Waals surface area contributed by atoms with Crippen molar-refractivity contribution in [3.63, 3.8) is 0 Å². The van der Waals surface area contributed by atoms with Crippen LogP contribution in [0.5, 0.6) is 0 Å². The summed E-state index contributed by atoms with van der Waals surface area (Å²) in [6, 6.07) is 8.17. The predicted molar refractivity (Wildman–Crippen MR) is 69.2 cm³/mol. The number of carbonyl (C=O) groups excluding carboxylic acids is 1. The Morgan fingerprint density at radius 2 is 2.24 bits per heavy atom. The number of nitrogens with one attached hydrogen (secondary N) is 1. The Morgan fingerprint density at radius 1 is 1.47 bits per heavy atom. The lowest BCUT2D eigenvalue weighted by Gasteiger charge is -2.27. The topological polar surface area (TPSA) is 32.3 Å². The Labute approximate surface area is 103 Å². The molecule has 1 atom stereocenters. The summed E-state index contributed by atoms with van der Waals surface area (Å²) in [5, 5.41) is 3.31. The van der Waals surface area contributed by atoms with E-state index in [1.54, 1.807) is 0 Å². The maximum Gasteiger partial charge on any atom is 0.254 e. The van der Waals surface area contributed by atoms with Gasteiger partial charge in [-0.15, -0.1) is 0 Å². The van der Waals surface area contributed by atoms with Crippen molar-refractivity contribution in [2.45, 2.75) is 26.3 Å². The van der Waals surface area contributed by atoms with E-state index in [-0.39, 0.29) is 5.91 Å². The molecule has 0 radical (unpaired) electrons. The van der Waals surface area contributed by atoms with Gasteiger partial charge in [-0.05, 0) is 38.4 Å². The van der Waals surface area contributed by atoms with Gasteiger partial charge in [0.05, 0.1) is 0 Å². The largest absolute Gasteiger partial charge is 0.335 e. The van der Waals surface area contributed by atoms with Gasteiger partial charge in [0, 0.05) is 24.7 Å². The molecular weight excluding hydrogens is 212 g/mol. The first kappa shape index (κ1) is 12.1. The SMILES string of the molecule is CCN(C(=O)c1ccccc1C)C1CCNC1. The summed E-state index contributed by atoms with van der Waals surface area (Å²) >= 11 is 0. The Balaban J connectivity index is 2.20. The number of amides is 1. The van der Waals surface area contributed by atoms with Gasteiger partial charge < -0.3 is 10.2 Å². The summed E-state index contributed by atoms with van der Waals surface area (Å²) in [5.41, 5.74) is 1.89. The summed E-state index contributed by atoms with van der Waals surface area (Å²) in [5.74, 6) is 0.166. The molecule has 0 aromatic heterocycles. The number of carbonyl (C=O) groups is 1. The average molecular weight is 232 g/mol. The third kappa shape index (κ3) is 2.50. The summed E-state index contributed by atoms with van der Waals surface area (Å²) < 4.78 is 0. The molecule has 1 amide bonds. The van der Waals surface area contributed by atoms with Gasteiger partial charge in [0.1, 0.15) is 0 Å². The molecule has 1 aliphatic rings. The fourth-order valence-electron chi connectivity index (χ4n) is 2.44. The first-order valence-corrected chi connectivity index (χ1v) is 6.31. The number of aryl methyl sites for hydroxylation is 1. The highest BCUT2D eigenvalue weighted by atomic mass is 16.2. The van der Waals surface area contributed by atoms with Crippen LogP contribution in [0.15, 0.2) is 24.3 Å². The molecule has 2 rings (SSSR count). The Hall–Kier alpha value is -1.35. The molecule has 3 heteroatoms. The maximum atomic E-state index is 12.5. The van der Waals surface area contributed by atoms with Crippen molar-refractivity contribution in [3.05, 3.63) is 35.4 Å². The minimum atomic E-state index is 0.166. The Morgan fingerprint density at radius 3 is 2.82 bits per heavy atom. The normalized spacial score (nSPS) is 19.3. The number of hydrogen-bond acceptors (Lipinski definition) is 2. The van der Waals surface area contributed by atoms with Crippen LogP contribution in [0.2, 0.25) is 0 Å². The monoisotopic (exact) mass is 232 g/mol. The fourth-order valence-corrected chi connectivity index (χ4v) is 2.44. The Kier molecular flexibility index (Phi) is 3.79. The molecule has 1 saturated heterocycles. The molecule has 3 nitrogen and oxygen atoms in total. The van der Waals surface area contributed by atoms with E-state index in [2.05, 4.69) is 12.2 Å². The molecule has 1 aliphatic heterocycles. The van der Waals surface area contributed by atoms with Crippen LogP contribution in [0.3, 0.4) is 0 Å². The summed E-state index contributed by atoms with van der Waals surface area (Å²) in [7, 11) is 0. The van der Waals surface area contributed by atoms with Gasteiger partial charge in [-0.3, -0.25) is 4.79 Å². The molecular formula is C14H20N2O. The lowest BCUT2D eigenvalue weighted by Crippen LogP contribution is -2.41. The van der Waals surface area contributed by atoms with Gasteiger partial charge in [0.25, 0.3) is 5.91 Å². The van der Waals surface area contributed by atoms with E-state index < -0.39 is 0 Å². The molecule has 1 N–H and O–H groups in total. The van der Waals surface area contributed by atoms with E-state index in [9.17, 15) is 4.79 Å². The quantitative estimate of drug-likeness (QED) is 0.862. The zero-order chi connectivity index (χ0) is 12.3. The number of likely N-dealkylation sites (N-methyl/N-ethyl adjacent to an activating group) is 1. The fraction of sp³-hybridized carbons (Fsp3) is 0.500. The van der Waals surface area contributed by atoms with Gasteiger partial charge in [0.15, 0.2) is 0 Å². The third-order valence-corrected chi connectivity index (χ3v) is 3.45. The van der Waals surface area contributed by atoms with Crippen LogP contribution in [0.1, 0.15) is 29.3 Å². The van der Waals surface area contributed by atoms with Crippen molar-refractivity contribution in [2.24, 2.45) is 0 Å². The molecule has 0 saturated carbocycles. The third-order valence-electron chi connectivity index (χ3n) is 3.45. The highest BCUT2D eigenvalue weighted by molar-refractivity contribution is 5.95. The second-order valence-electron chi connectivity index (χ2n) is 4.55. The van der Waals surface area contributed by atoms with Gasteiger partial charge in [-0.2, -0.15) is 0 Å². The van der Waals surface area contributed by atoms with Crippen LogP contribution in [0.25, 0.3) is 0 Å². The molecule has 1 fully saturated rings. The first-order chi connectivity index (χ1) is 8.24. The van der Waals surface area contributed by atoms with E-state index in [0.717, 1.165) is 37.2 Å². The van der Waals surface area contributed by atoms with Crippen LogP contribution in [0, 0.1) is 6.92 Å². The van der Waals surface area contributed by atoms with Crippen molar-refractivity contribution in [1.82, 2.24) is 10.2 Å². The Bertz CT molecular complexity index is 397. The lowest BCUT2D eigenvalue weighted by atomic mass is 10.1. The number of hydrogen-bond donors (Lipinski definition) is 1. The van der Waals surface area contributed by atoms with Gasteiger partial charge in [-0.25, -0.2) is 0 Å². The van der Waals surface area contributed by atoms with E-state index in [1.807, 2.05) is 36.1 Å². The van der Waals surface area contributed by atoms with Crippen LogP contribution in [-0.4, -0.2) is 36.5 Å². The van der Waals surface area contributed by atoms with Crippen molar-refractivity contribution in [3.8, 4) is 0 Å². The van der Waals surface area contributed by atoms with Crippen molar-refractivity contribution < 1.29 is 4.79 Å². The zero-order valence-corrected chi connectivity index (χ0v) is 10.6. The molecule has 0 spiro atoms. The van der Waals surface area contributed by atoms with Crippen LogP contribution >= 0.6 is 0 Å². The van der Waals surface area contributed by atoms with E-state index in [0.29, 0.717) is 6.04 Å². The van der Waals surface area contributed by atoms with E-state index in [1.165, 1.54) is 0 Å². The summed E-state index contributed by atoms with van der Waals surface area (Å²) in [6.07, 6.45) is 1.06. The lowest BCUT2D eigenvalue weighted by molar-refractivity contribution is 0.0703. The highest BCUT2D eigenvalue weighted by Crippen LogP contribution is 2.15. The average Bonchev–Trinajstić information content (AvgIpc) is 2.84. The first-order valence-electron chi connectivity index (χ1n) is 6.31. The molecule has 0 bridgehead atoms. The molecule has 1 aromatic carbocycles. The van der Waals surface area contributed by atoms with Crippen LogP contribution < -0.4 is 5.32 Å². The zero-order valence-electron chi connectivity index (χ0n) is 10.6. The highest BCUT2D eigenvalue weighted by Gasteiger charge is 2.26. The van der Waals surface area contributed by atoms with Gasteiger partial charge in [0.2, 0.25) is 0 Å². The standard InChI is InChI=1S/C14H20N2O/c1-3-16(12-8-9-15-10-12)14(17)13-7-5-4-6-11(13)2/h4-7,12,15H,3,8-10H2,1-2H3. The van der Waals surface area contributed by atoms with Crippen LogP contribution in [0.4, 0.5) is 0 Å². The van der Waals surface area contributed by atoms with E-state index >= 15 is 0 Å². The number of benzene rings is 1. The number of nitrogens with zero attached hydrogens (tertiary/aromatic N) is 1. The summed E-state index contributed by atoms with van der Waals surface area (Å²) in [6.45, 7) is 6.76. The smallest absolute Gasteiger partial charge is 0.254 e. The molecule has 1 unspecified atom stereocenters. The van der Waals surface area contributed by atoms with Gasteiger partial charge >= 0.3 is 0 Å². The van der Waals surface area contributed by atoms with Crippen molar-refractivity contribution in [2.75, 3.05) is 19.6 Å². The molecule has 1 heterocycles. The van der Waals surface area contributed by atoms with E-state index in [4.69, 9.17) is 0 Å². The number of rotatable bonds is 3. The van der Waals surface area contributed by atoms with Gasteiger partial charge in [-0.1, -0.05) is 18.2 Å². The second-order valence-corrected chi connectivity index (χ2v) is 4.55. The molecule has 92 valence electrons. The second kappa shape index (κ2) is 5.32. The molecule has 17 heavy (non-hydrogen) atoms. The minimum Gasteiger partial charge on any atom is -0.335 e. The van der Waals surface area contributed by atoms with Crippen molar-refractivity contribution >= 4 is 5.91 Å². The van der Waals surface area contributed by atoms with Crippen molar-refractivity contribution in [1.29, 1.82) is 0 Å². The maximum absolute atomic E-state index is 12.5. The molecule has 0 aliphatic carbocycles. The molecule has 1 aromatic rings. The van der Waals surface area contributed by atoms with Crippen LogP contribution in [-0.2, 0) is 0 Å². The summed E-state index contributed by atoms with van der Waals surface area (Å²) in [4.78, 5) is 14.5. The minimum absolute atomic E-state index is 0.166. The predicted octanol–water partition coefficient (Wildman–Crippen LogP) is 1.82.